The van der Waals surface area contributed by atoms with Gasteiger partial charge in [0, 0.05) is 44.9 Å². The lowest BCUT2D eigenvalue weighted by Gasteiger charge is -2.38. The van der Waals surface area contributed by atoms with Crippen molar-refractivity contribution in [2.75, 3.05) is 53.6 Å². The van der Waals surface area contributed by atoms with E-state index >= 15 is 0 Å². The van der Waals surface area contributed by atoms with Crippen LogP contribution in [0.25, 0.3) is 0 Å². The number of likely N-dealkylation sites (tertiary alicyclic amines) is 1. The summed E-state index contributed by atoms with van der Waals surface area (Å²) in [6.45, 7) is 3.46. The number of aliphatic hydroxyl groups excluding tert-OH is 1. The summed E-state index contributed by atoms with van der Waals surface area (Å²) in [6, 6.07) is 4.51. The van der Waals surface area contributed by atoms with Crippen LogP contribution in [0.1, 0.15) is 16.8 Å². The summed E-state index contributed by atoms with van der Waals surface area (Å²) in [5, 5.41) is 20.0. The van der Waals surface area contributed by atoms with E-state index in [1.165, 1.54) is 6.07 Å². The van der Waals surface area contributed by atoms with Gasteiger partial charge in [0.15, 0.2) is 0 Å². The van der Waals surface area contributed by atoms with Gasteiger partial charge in [-0.05, 0) is 43.5 Å². The predicted molar refractivity (Wildman–Crippen MR) is 97.1 cm³/mol. The lowest BCUT2D eigenvalue weighted by atomic mass is 9.88. The number of phenols is 1. The van der Waals surface area contributed by atoms with Gasteiger partial charge in [0.1, 0.15) is 5.75 Å². The molecule has 2 rings (SSSR count). The summed E-state index contributed by atoms with van der Waals surface area (Å²) in [7, 11) is 3.70. The van der Waals surface area contributed by atoms with Gasteiger partial charge in [0.05, 0.1) is 12.2 Å². The standard InChI is InChI=1S/C18H27ClN2O4/c1-20(5-6-25-2)9-13-7-14(12-22)11-21(10-13)18(24)16-4-3-15(19)8-17(16)23/h3-4,8,13-14,22-23H,5-7,9-12H2,1-2H3. The van der Waals surface area contributed by atoms with Crippen LogP contribution in [0.2, 0.25) is 5.02 Å². The summed E-state index contributed by atoms with van der Waals surface area (Å²) >= 11 is 5.84. The first-order valence-corrected chi connectivity index (χ1v) is 8.88. The SMILES string of the molecule is COCCN(C)CC1CC(CO)CN(C(=O)c2ccc(Cl)cc2O)C1. The van der Waals surface area contributed by atoms with E-state index in [2.05, 4.69) is 4.90 Å². The normalized spacial score (nSPS) is 20.9. The molecule has 1 aromatic rings. The zero-order valence-electron chi connectivity index (χ0n) is 14.8. The van der Waals surface area contributed by atoms with Gasteiger partial charge in [0.2, 0.25) is 0 Å². The fourth-order valence-electron chi connectivity index (χ4n) is 3.38. The molecule has 0 saturated carbocycles. The molecule has 0 aromatic heterocycles. The summed E-state index contributed by atoms with van der Waals surface area (Å²) in [4.78, 5) is 16.7. The van der Waals surface area contributed by atoms with Crippen LogP contribution >= 0.6 is 11.6 Å². The molecule has 1 aromatic carbocycles. The van der Waals surface area contributed by atoms with Gasteiger partial charge in [0.25, 0.3) is 5.91 Å². The van der Waals surface area contributed by atoms with E-state index in [0.717, 1.165) is 19.5 Å². The molecule has 2 N–H and O–H groups in total. The number of nitrogens with zero attached hydrogens (tertiary/aromatic N) is 2. The highest BCUT2D eigenvalue weighted by Gasteiger charge is 2.31. The number of amides is 1. The van der Waals surface area contributed by atoms with Gasteiger partial charge >= 0.3 is 0 Å². The van der Waals surface area contributed by atoms with Crippen molar-refractivity contribution in [2.45, 2.75) is 6.42 Å². The molecule has 0 aliphatic carbocycles. The van der Waals surface area contributed by atoms with Crippen LogP contribution in [-0.2, 0) is 4.74 Å². The van der Waals surface area contributed by atoms with E-state index in [9.17, 15) is 15.0 Å². The Balaban J connectivity index is 2.07. The third-order valence-corrected chi connectivity index (χ3v) is 4.84. The Morgan fingerprint density at radius 3 is 2.76 bits per heavy atom. The summed E-state index contributed by atoms with van der Waals surface area (Å²) in [5.41, 5.74) is 0.245. The number of aromatic hydroxyl groups is 1. The maximum atomic E-state index is 12.8. The Morgan fingerprint density at radius 2 is 2.12 bits per heavy atom. The molecule has 6 nitrogen and oxygen atoms in total. The Morgan fingerprint density at radius 1 is 1.40 bits per heavy atom. The van der Waals surface area contributed by atoms with E-state index < -0.39 is 0 Å². The highest BCUT2D eigenvalue weighted by Crippen LogP contribution is 2.27. The number of phenolic OH excluding ortho intramolecular Hbond substituents is 1. The molecule has 7 heteroatoms. The zero-order valence-corrected chi connectivity index (χ0v) is 15.6. The predicted octanol–water partition coefficient (Wildman–Crippen LogP) is 1.69. The Kier molecular flexibility index (Phi) is 7.50. The van der Waals surface area contributed by atoms with Crippen LogP contribution in [0.5, 0.6) is 5.75 Å². The third-order valence-electron chi connectivity index (χ3n) is 4.61. The molecule has 1 fully saturated rings. The van der Waals surface area contributed by atoms with Gasteiger partial charge in [-0.2, -0.15) is 0 Å². The van der Waals surface area contributed by atoms with Gasteiger partial charge in [-0.25, -0.2) is 0 Å². The number of likely N-dealkylation sites (N-methyl/N-ethyl adjacent to an activating group) is 1. The molecule has 2 atom stereocenters. The van der Waals surface area contributed by atoms with E-state index in [-0.39, 0.29) is 35.7 Å². The van der Waals surface area contributed by atoms with Gasteiger partial charge in [-0.3, -0.25) is 4.79 Å². The first-order chi connectivity index (χ1) is 11.9. The maximum Gasteiger partial charge on any atom is 0.257 e. The van der Waals surface area contributed by atoms with Crippen molar-refractivity contribution in [1.29, 1.82) is 0 Å². The summed E-state index contributed by atoms with van der Waals surface area (Å²) in [5.74, 6) is -0.0200. The number of carbonyl (C=O) groups is 1. The lowest BCUT2D eigenvalue weighted by molar-refractivity contribution is 0.0448. The van der Waals surface area contributed by atoms with Gasteiger partial charge < -0.3 is 24.7 Å². The number of benzene rings is 1. The van der Waals surface area contributed by atoms with Crippen molar-refractivity contribution < 1.29 is 19.7 Å². The van der Waals surface area contributed by atoms with Gasteiger partial charge in [-0.15, -0.1) is 0 Å². The van der Waals surface area contributed by atoms with Crippen molar-refractivity contribution in [3.8, 4) is 5.75 Å². The summed E-state index contributed by atoms with van der Waals surface area (Å²) < 4.78 is 5.10. The average molecular weight is 371 g/mol. The Labute approximate surface area is 153 Å². The first-order valence-electron chi connectivity index (χ1n) is 8.50. The van der Waals surface area contributed by atoms with Crippen LogP contribution in [0.4, 0.5) is 0 Å². The smallest absolute Gasteiger partial charge is 0.257 e. The fourth-order valence-corrected chi connectivity index (χ4v) is 3.55. The number of hydrogen-bond donors (Lipinski definition) is 2. The van der Waals surface area contributed by atoms with E-state index in [1.807, 2.05) is 7.05 Å². The fraction of sp³-hybridized carbons (Fsp3) is 0.611. The Bertz CT molecular complexity index is 584. The lowest BCUT2D eigenvalue weighted by Crippen LogP contribution is -2.47. The molecule has 1 heterocycles. The van der Waals surface area contributed by atoms with E-state index in [0.29, 0.717) is 24.7 Å². The number of hydrogen-bond acceptors (Lipinski definition) is 5. The van der Waals surface area contributed by atoms with Crippen LogP contribution in [0.3, 0.4) is 0 Å². The molecule has 1 aliphatic rings. The van der Waals surface area contributed by atoms with Crippen molar-refractivity contribution in [3.63, 3.8) is 0 Å². The first kappa shape index (κ1) is 20.0. The van der Waals surface area contributed by atoms with E-state index in [1.54, 1.807) is 24.1 Å². The van der Waals surface area contributed by atoms with Gasteiger partial charge in [-0.1, -0.05) is 11.6 Å². The Hall–Kier alpha value is -1.34. The number of halogens is 1. The quantitative estimate of drug-likeness (QED) is 0.764. The highest BCUT2D eigenvalue weighted by atomic mass is 35.5. The second-order valence-electron chi connectivity index (χ2n) is 6.78. The minimum absolute atomic E-state index is 0.0490. The number of piperidine rings is 1. The van der Waals surface area contributed by atoms with Crippen LogP contribution in [0.15, 0.2) is 18.2 Å². The molecule has 1 aliphatic heterocycles. The zero-order chi connectivity index (χ0) is 18.4. The molecule has 0 radical (unpaired) electrons. The molecule has 0 bridgehead atoms. The molecule has 2 unspecified atom stereocenters. The number of aliphatic hydroxyl groups is 1. The largest absolute Gasteiger partial charge is 0.507 e. The minimum Gasteiger partial charge on any atom is -0.507 e. The van der Waals surface area contributed by atoms with Crippen molar-refractivity contribution in [3.05, 3.63) is 28.8 Å². The van der Waals surface area contributed by atoms with E-state index in [4.69, 9.17) is 16.3 Å². The molecular formula is C18H27ClN2O4. The van der Waals surface area contributed by atoms with Crippen molar-refractivity contribution in [2.24, 2.45) is 11.8 Å². The minimum atomic E-state index is -0.225. The second-order valence-corrected chi connectivity index (χ2v) is 7.21. The molecule has 0 spiro atoms. The van der Waals surface area contributed by atoms with Crippen LogP contribution in [0, 0.1) is 11.8 Å². The highest BCUT2D eigenvalue weighted by molar-refractivity contribution is 6.30. The van der Waals surface area contributed by atoms with Crippen molar-refractivity contribution >= 4 is 17.5 Å². The molecular weight excluding hydrogens is 344 g/mol. The van der Waals surface area contributed by atoms with Crippen LogP contribution < -0.4 is 0 Å². The molecule has 25 heavy (non-hydrogen) atoms. The molecule has 1 saturated heterocycles. The van der Waals surface area contributed by atoms with Crippen LogP contribution in [-0.4, -0.2) is 79.5 Å². The number of carbonyl (C=O) groups excluding carboxylic acids is 1. The maximum absolute atomic E-state index is 12.8. The van der Waals surface area contributed by atoms with Crippen molar-refractivity contribution in [1.82, 2.24) is 9.80 Å². The number of ether oxygens (including phenoxy) is 1. The monoisotopic (exact) mass is 370 g/mol. The molecule has 140 valence electrons. The number of methoxy groups -OCH3 is 1. The third kappa shape index (κ3) is 5.57. The number of rotatable bonds is 7. The second kappa shape index (κ2) is 9.38. The average Bonchev–Trinajstić information content (AvgIpc) is 2.59. The molecule has 1 amide bonds. The topological polar surface area (TPSA) is 73.2 Å². The summed E-state index contributed by atoms with van der Waals surface area (Å²) in [6.07, 6.45) is 0.879.